The maximum Gasteiger partial charge on any atom is 0.125 e. The maximum absolute atomic E-state index is 13.0. The van der Waals surface area contributed by atoms with Gasteiger partial charge in [0, 0.05) is 13.1 Å². The second-order valence-corrected chi connectivity index (χ2v) is 3.30. The summed E-state index contributed by atoms with van der Waals surface area (Å²) in [7, 11) is 0. The fourth-order valence-corrected chi connectivity index (χ4v) is 1.59. The fraction of sp³-hybridized carbons (Fsp3) is 0.400. The molecule has 0 spiro atoms. The topological polar surface area (TPSA) is 38.5 Å². The molecule has 3 nitrogen and oxygen atoms in total. The lowest BCUT2D eigenvalue weighted by molar-refractivity contribution is 0.122. The van der Waals surface area contributed by atoms with E-state index in [0.29, 0.717) is 18.9 Å². The van der Waals surface area contributed by atoms with Crippen molar-refractivity contribution < 1.29 is 9.13 Å². The quantitative estimate of drug-likeness (QED) is 0.793. The van der Waals surface area contributed by atoms with E-state index in [1.807, 2.05) is 4.90 Å². The van der Waals surface area contributed by atoms with Crippen LogP contribution in [0.25, 0.3) is 0 Å². The van der Waals surface area contributed by atoms with Gasteiger partial charge in [-0.25, -0.2) is 4.39 Å². The van der Waals surface area contributed by atoms with Crippen molar-refractivity contribution in [3.63, 3.8) is 0 Å². The number of benzene rings is 1. The van der Waals surface area contributed by atoms with Gasteiger partial charge in [-0.15, -0.1) is 24.8 Å². The molecular formula is C10H15Cl2FN2O. The lowest BCUT2D eigenvalue weighted by Gasteiger charge is -2.29. The molecule has 1 aromatic rings. The Hall–Kier alpha value is -0.710. The second kappa shape index (κ2) is 6.78. The van der Waals surface area contributed by atoms with Gasteiger partial charge in [0.25, 0.3) is 0 Å². The first-order chi connectivity index (χ1) is 6.77. The summed E-state index contributed by atoms with van der Waals surface area (Å²) in [5, 5.41) is 0. The highest BCUT2D eigenvalue weighted by molar-refractivity contribution is 5.85. The van der Waals surface area contributed by atoms with E-state index < -0.39 is 0 Å². The van der Waals surface area contributed by atoms with E-state index in [9.17, 15) is 4.39 Å². The van der Waals surface area contributed by atoms with Gasteiger partial charge in [0.05, 0.1) is 24.6 Å². The summed E-state index contributed by atoms with van der Waals surface area (Å²) < 4.78 is 18.2. The number of rotatable bonds is 1. The van der Waals surface area contributed by atoms with Crippen molar-refractivity contribution in [1.82, 2.24) is 0 Å². The van der Waals surface area contributed by atoms with Crippen molar-refractivity contribution in [3.8, 4) is 0 Å². The lowest BCUT2D eigenvalue weighted by Crippen LogP contribution is -2.36. The molecular weight excluding hydrogens is 254 g/mol. The molecule has 0 radical (unpaired) electrons. The summed E-state index contributed by atoms with van der Waals surface area (Å²) in [5.74, 6) is -0.249. The normalized spacial score (nSPS) is 14.9. The molecule has 0 aromatic heterocycles. The van der Waals surface area contributed by atoms with Crippen LogP contribution < -0.4 is 10.6 Å². The van der Waals surface area contributed by atoms with Crippen LogP contribution >= 0.6 is 24.8 Å². The van der Waals surface area contributed by atoms with Crippen molar-refractivity contribution in [2.45, 2.75) is 0 Å². The highest BCUT2D eigenvalue weighted by Gasteiger charge is 2.13. The zero-order valence-corrected chi connectivity index (χ0v) is 10.3. The van der Waals surface area contributed by atoms with Gasteiger partial charge in [-0.2, -0.15) is 0 Å². The molecule has 0 atom stereocenters. The molecule has 2 rings (SSSR count). The molecule has 0 bridgehead atoms. The van der Waals surface area contributed by atoms with Crippen LogP contribution in [0.3, 0.4) is 0 Å². The predicted octanol–water partition coefficient (Wildman–Crippen LogP) is 2.09. The number of halogens is 3. The molecule has 1 aliphatic heterocycles. The Morgan fingerprint density at radius 2 is 1.81 bits per heavy atom. The third-order valence-electron chi connectivity index (χ3n) is 2.34. The first-order valence-corrected chi connectivity index (χ1v) is 4.65. The SMILES string of the molecule is Cl.Cl.Nc1ccc(F)cc1N1CCOCC1. The number of nitrogens with zero attached hydrogens (tertiary/aromatic N) is 1. The third kappa shape index (κ3) is 3.40. The molecule has 6 heteroatoms. The third-order valence-corrected chi connectivity index (χ3v) is 2.34. The fourth-order valence-electron chi connectivity index (χ4n) is 1.59. The monoisotopic (exact) mass is 268 g/mol. The Bertz CT molecular complexity index is 333. The van der Waals surface area contributed by atoms with E-state index in [1.165, 1.54) is 12.1 Å². The van der Waals surface area contributed by atoms with Crippen LogP contribution in [0.15, 0.2) is 18.2 Å². The van der Waals surface area contributed by atoms with Crippen molar-refractivity contribution in [2.24, 2.45) is 0 Å². The molecule has 1 saturated heterocycles. The molecule has 1 aliphatic rings. The Kier molecular flexibility index (Phi) is 6.48. The Morgan fingerprint density at radius 1 is 1.19 bits per heavy atom. The van der Waals surface area contributed by atoms with E-state index in [0.717, 1.165) is 18.8 Å². The van der Waals surface area contributed by atoms with Crippen molar-refractivity contribution in [1.29, 1.82) is 0 Å². The van der Waals surface area contributed by atoms with Crippen molar-refractivity contribution in [3.05, 3.63) is 24.0 Å². The Morgan fingerprint density at radius 3 is 2.44 bits per heavy atom. The van der Waals surface area contributed by atoms with Gasteiger partial charge < -0.3 is 15.4 Å². The van der Waals surface area contributed by atoms with E-state index >= 15 is 0 Å². The van der Waals surface area contributed by atoms with Crippen LogP contribution in [0.4, 0.5) is 15.8 Å². The number of anilines is 2. The van der Waals surface area contributed by atoms with E-state index in [-0.39, 0.29) is 30.6 Å². The summed E-state index contributed by atoms with van der Waals surface area (Å²) in [5.41, 5.74) is 7.16. The van der Waals surface area contributed by atoms with E-state index in [1.54, 1.807) is 6.07 Å². The number of hydrogen-bond donors (Lipinski definition) is 1. The van der Waals surface area contributed by atoms with Crippen LogP contribution in [0.1, 0.15) is 0 Å². The van der Waals surface area contributed by atoms with Crippen LogP contribution in [0, 0.1) is 5.82 Å². The lowest BCUT2D eigenvalue weighted by atomic mass is 10.2. The van der Waals surface area contributed by atoms with Gasteiger partial charge in [0.1, 0.15) is 5.82 Å². The standard InChI is InChI=1S/C10H13FN2O.2ClH/c11-8-1-2-9(12)10(7-8)13-3-5-14-6-4-13;;/h1-2,7H,3-6,12H2;2*1H. The first kappa shape index (κ1) is 15.3. The predicted molar refractivity (Wildman–Crippen MR) is 68.3 cm³/mol. The van der Waals surface area contributed by atoms with Crippen molar-refractivity contribution >= 4 is 36.2 Å². The van der Waals surface area contributed by atoms with Gasteiger partial charge in [-0.3, -0.25) is 0 Å². The van der Waals surface area contributed by atoms with Gasteiger partial charge in [-0.1, -0.05) is 0 Å². The molecule has 92 valence electrons. The summed E-state index contributed by atoms with van der Waals surface area (Å²) in [6.07, 6.45) is 0. The minimum absolute atomic E-state index is 0. The average molecular weight is 269 g/mol. The summed E-state index contributed by atoms with van der Waals surface area (Å²) >= 11 is 0. The minimum atomic E-state index is -0.249. The Balaban J connectivity index is 0.00000112. The van der Waals surface area contributed by atoms with Gasteiger partial charge >= 0.3 is 0 Å². The number of nitrogens with two attached hydrogens (primary N) is 1. The summed E-state index contributed by atoms with van der Waals surface area (Å²) in [6, 6.07) is 4.44. The minimum Gasteiger partial charge on any atom is -0.397 e. The number of ether oxygens (including phenoxy) is 1. The zero-order valence-electron chi connectivity index (χ0n) is 8.69. The maximum atomic E-state index is 13.0. The molecule has 0 saturated carbocycles. The van der Waals surface area contributed by atoms with Gasteiger partial charge in [-0.05, 0) is 18.2 Å². The summed E-state index contributed by atoms with van der Waals surface area (Å²) in [6.45, 7) is 2.90. The van der Waals surface area contributed by atoms with Crippen molar-refractivity contribution in [2.75, 3.05) is 36.9 Å². The number of morpholine rings is 1. The average Bonchev–Trinajstić information content (AvgIpc) is 2.23. The molecule has 1 heterocycles. The molecule has 16 heavy (non-hydrogen) atoms. The highest BCUT2D eigenvalue weighted by atomic mass is 35.5. The molecule has 2 N–H and O–H groups in total. The highest BCUT2D eigenvalue weighted by Crippen LogP contribution is 2.24. The largest absolute Gasteiger partial charge is 0.397 e. The van der Waals surface area contributed by atoms with Gasteiger partial charge in [0.2, 0.25) is 0 Å². The molecule has 0 amide bonds. The molecule has 1 aromatic carbocycles. The van der Waals surface area contributed by atoms with Crippen LogP contribution in [0.2, 0.25) is 0 Å². The molecule has 0 aliphatic carbocycles. The molecule has 0 unspecified atom stereocenters. The Labute approximate surface area is 107 Å². The van der Waals surface area contributed by atoms with E-state index in [4.69, 9.17) is 10.5 Å². The summed E-state index contributed by atoms with van der Waals surface area (Å²) in [4.78, 5) is 2.04. The number of nitrogen functional groups attached to an aromatic ring is 1. The zero-order chi connectivity index (χ0) is 9.97. The van der Waals surface area contributed by atoms with Crippen LogP contribution in [0.5, 0.6) is 0 Å². The second-order valence-electron chi connectivity index (χ2n) is 3.30. The smallest absolute Gasteiger partial charge is 0.125 e. The van der Waals surface area contributed by atoms with Gasteiger partial charge in [0.15, 0.2) is 0 Å². The molecule has 1 fully saturated rings. The first-order valence-electron chi connectivity index (χ1n) is 4.65. The van der Waals surface area contributed by atoms with Crippen LogP contribution in [-0.2, 0) is 4.74 Å². The number of hydrogen-bond acceptors (Lipinski definition) is 3. The van der Waals surface area contributed by atoms with Crippen LogP contribution in [-0.4, -0.2) is 26.3 Å². The van der Waals surface area contributed by atoms with E-state index in [2.05, 4.69) is 0 Å².